The van der Waals surface area contributed by atoms with Crippen LogP contribution in [0.2, 0.25) is 0 Å². The molecule has 0 bridgehead atoms. The van der Waals surface area contributed by atoms with Gasteiger partial charge in [0.15, 0.2) is 0 Å². The first-order chi connectivity index (χ1) is 9.61. The predicted molar refractivity (Wildman–Crippen MR) is 82.8 cm³/mol. The van der Waals surface area contributed by atoms with Crippen LogP contribution < -0.4 is 10.2 Å². The van der Waals surface area contributed by atoms with Crippen molar-refractivity contribution in [3.05, 3.63) is 41.2 Å². The first kappa shape index (κ1) is 12.9. The monoisotopic (exact) mass is 268 g/mol. The van der Waals surface area contributed by atoms with Gasteiger partial charge >= 0.3 is 0 Å². The summed E-state index contributed by atoms with van der Waals surface area (Å²) >= 11 is 0. The highest BCUT2D eigenvalue weighted by molar-refractivity contribution is 5.73. The Balaban J connectivity index is 2.16. The Bertz CT molecular complexity index is 651. The van der Waals surface area contributed by atoms with Crippen molar-refractivity contribution in [1.29, 1.82) is 0 Å². The second-order valence-corrected chi connectivity index (χ2v) is 5.37. The van der Waals surface area contributed by atoms with Crippen LogP contribution >= 0.6 is 0 Å². The molecule has 1 unspecified atom stereocenters. The molecule has 1 aliphatic heterocycles. The molecule has 1 atom stereocenters. The molecule has 2 aromatic rings. The molecule has 4 heteroatoms. The zero-order chi connectivity index (χ0) is 14.3. The van der Waals surface area contributed by atoms with Crippen molar-refractivity contribution in [2.24, 2.45) is 0 Å². The van der Waals surface area contributed by atoms with E-state index in [9.17, 15) is 0 Å². The van der Waals surface area contributed by atoms with Gasteiger partial charge in [-0.1, -0.05) is 18.2 Å². The van der Waals surface area contributed by atoms with Crippen LogP contribution in [0.3, 0.4) is 0 Å². The molecule has 0 spiro atoms. The minimum atomic E-state index is 0.421. The number of hydrogen-bond acceptors (Lipinski definition) is 4. The molecule has 1 N–H and O–H groups in total. The van der Waals surface area contributed by atoms with E-state index in [1.165, 1.54) is 11.3 Å². The first-order valence-corrected chi connectivity index (χ1v) is 7.02. The van der Waals surface area contributed by atoms with Crippen LogP contribution in [-0.2, 0) is 6.42 Å². The van der Waals surface area contributed by atoms with Gasteiger partial charge in [0.2, 0.25) is 0 Å². The minimum Gasteiger partial charge on any atom is -0.373 e. The maximum absolute atomic E-state index is 4.69. The smallest absolute Gasteiger partial charge is 0.142 e. The molecular formula is C16H20N4. The number of hydrogen-bond donors (Lipinski definition) is 1. The molecule has 1 aromatic carbocycles. The van der Waals surface area contributed by atoms with Gasteiger partial charge in [0.05, 0.1) is 0 Å². The maximum Gasteiger partial charge on any atom is 0.142 e. The minimum absolute atomic E-state index is 0.421. The fraction of sp³-hybridized carbons (Fsp3) is 0.375. The molecule has 104 valence electrons. The van der Waals surface area contributed by atoms with Crippen LogP contribution in [0.1, 0.15) is 23.9 Å². The van der Waals surface area contributed by atoms with E-state index in [2.05, 4.69) is 58.3 Å². The fourth-order valence-corrected chi connectivity index (χ4v) is 2.98. The number of benzene rings is 1. The summed E-state index contributed by atoms with van der Waals surface area (Å²) in [6.07, 6.45) is 1.06. The fourth-order valence-electron chi connectivity index (χ4n) is 2.98. The Morgan fingerprint density at radius 2 is 1.95 bits per heavy atom. The van der Waals surface area contributed by atoms with Crippen molar-refractivity contribution in [3.63, 3.8) is 0 Å². The Kier molecular flexibility index (Phi) is 3.08. The van der Waals surface area contributed by atoms with Crippen molar-refractivity contribution < 1.29 is 0 Å². The molecule has 0 radical (unpaired) electrons. The molecule has 1 aromatic heterocycles. The molecule has 20 heavy (non-hydrogen) atoms. The SMILES string of the molecule is CNc1nc(C)nc(N2c3ccccc3CC2C)c1C. The van der Waals surface area contributed by atoms with Gasteiger partial charge in [0.25, 0.3) is 0 Å². The summed E-state index contributed by atoms with van der Waals surface area (Å²) in [5, 5.41) is 3.16. The third-order valence-electron chi connectivity index (χ3n) is 3.90. The number of para-hydroxylation sites is 1. The van der Waals surface area contributed by atoms with E-state index in [0.29, 0.717) is 6.04 Å². The van der Waals surface area contributed by atoms with Gasteiger partial charge in [-0.3, -0.25) is 0 Å². The van der Waals surface area contributed by atoms with E-state index in [0.717, 1.165) is 29.4 Å². The molecule has 2 heterocycles. The van der Waals surface area contributed by atoms with Crippen molar-refractivity contribution in [1.82, 2.24) is 9.97 Å². The van der Waals surface area contributed by atoms with E-state index in [1.807, 2.05) is 14.0 Å². The predicted octanol–water partition coefficient (Wildman–Crippen LogP) is 3.22. The van der Waals surface area contributed by atoms with Gasteiger partial charge in [0, 0.05) is 24.3 Å². The van der Waals surface area contributed by atoms with Gasteiger partial charge in [-0.05, 0) is 38.8 Å². The summed E-state index contributed by atoms with van der Waals surface area (Å²) in [7, 11) is 1.90. The quantitative estimate of drug-likeness (QED) is 0.908. The van der Waals surface area contributed by atoms with Crippen molar-refractivity contribution in [2.75, 3.05) is 17.3 Å². The van der Waals surface area contributed by atoms with Crippen LogP contribution in [0.4, 0.5) is 17.3 Å². The Labute approximate surface area is 119 Å². The highest BCUT2D eigenvalue weighted by Gasteiger charge is 2.29. The van der Waals surface area contributed by atoms with Crippen molar-refractivity contribution in [2.45, 2.75) is 33.2 Å². The normalized spacial score (nSPS) is 17.2. The number of aryl methyl sites for hydroxylation is 1. The number of rotatable bonds is 2. The van der Waals surface area contributed by atoms with Crippen molar-refractivity contribution in [3.8, 4) is 0 Å². The highest BCUT2D eigenvalue weighted by Crippen LogP contribution is 2.39. The lowest BCUT2D eigenvalue weighted by molar-refractivity contribution is 0.744. The van der Waals surface area contributed by atoms with Gasteiger partial charge in [-0.2, -0.15) is 0 Å². The second kappa shape index (κ2) is 4.78. The summed E-state index contributed by atoms with van der Waals surface area (Å²) < 4.78 is 0. The average Bonchev–Trinajstić information content (AvgIpc) is 2.77. The molecule has 1 aliphatic rings. The molecule has 0 saturated carbocycles. The summed E-state index contributed by atoms with van der Waals surface area (Å²) in [6.45, 7) is 6.26. The largest absolute Gasteiger partial charge is 0.373 e. The Hall–Kier alpha value is -2.10. The Morgan fingerprint density at radius 3 is 2.70 bits per heavy atom. The van der Waals surface area contributed by atoms with Crippen LogP contribution in [0.15, 0.2) is 24.3 Å². The molecule has 0 amide bonds. The summed E-state index contributed by atoms with van der Waals surface area (Å²) in [6, 6.07) is 8.99. The number of nitrogens with zero attached hydrogens (tertiary/aromatic N) is 3. The molecule has 0 aliphatic carbocycles. The standard InChI is InChI=1S/C16H20N4/c1-10-9-13-7-5-6-8-14(13)20(10)16-11(2)15(17-4)18-12(3)19-16/h5-8,10H,9H2,1-4H3,(H,17,18,19). The zero-order valence-corrected chi connectivity index (χ0v) is 12.4. The topological polar surface area (TPSA) is 41.1 Å². The Morgan fingerprint density at radius 1 is 1.20 bits per heavy atom. The third-order valence-corrected chi connectivity index (χ3v) is 3.90. The molecule has 0 saturated heterocycles. The van der Waals surface area contributed by atoms with Crippen LogP contribution in [0, 0.1) is 13.8 Å². The van der Waals surface area contributed by atoms with Gasteiger partial charge in [0.1, 0.15) is 17.5 Å². The number of fused-ring (bicyclic) bond motifs is 1. The van der Waals surface area contributed by atoms with Gasteiger partial charge < -0.3 is 10.2 Å². The van der Waals surface area contributed by atoms with Gasteiger partial charge in [-0.25, -0.2) is 9.97 Å². The summed E-state index contributed by atoms with van der Waals surface area (Å²) in [5.74, 6) is 2.72. The zero-order valence-electron chi connectivity index (χ0n) is 12.4. The molecule has 3 rings (SSSR count). The van der Waals surface area contributed by atoms with Gasteiger partial charge in [-0.15, -0.1) is 0 Å². The van der Waals surface area contributed by atoms with Crippen molar-refractivity contribution >= 4 is 17.3 Å². The van der Waals surface area contributed by atoms with E-state index in [-0.39, 0.29) is 0 Å². The maximum atomic E-state index is 4.69. The number of anilines is 3. The van der Waals surface area contributed by atoms with E-state index >= 15 is 0 Å². The highest BCUT2D eigenvalue weighted by atomic mass is 15.2. The lowest BCUT2D eigenvalue weighted by atomic mass is 10.1. The average molecular weight is 268 g/mol. The van der Waals surface area contributed by atoms with E-state index in [4.69, 9.17) is 0 Å². The third kappa shape index (κ3) is 1.92. The van der Waals surface area contributed by atoms with Crippen LogP contribution in [0.25, 0.3) is 0 Å². The lowest BCUT2D eigenvalue weighted by Gasteiger charge is -2.26. The van der Waals surface area contributed by atoms with E-state index < -0.39 is 0 Å². The first-order valence-electron chi connectivity index (χ1n) is 7.02. The molecule has 0 fully saturated rings. The molecule has 4 nitrogen and oxygen atoms in total. The lowest BCUT2D eigenvalue weighted by Crippen LogP contribution is -2.26. The molecular weight excluding hydrogens is 248 g/mol. The summed E-state index contributed by atoms with van der Waals surface area (Å²) in [5.41, 5.74) is 3.76. The van der Waals surface area contributed by atoms with Crippen LogP contribution in [-0.4, -0.2) is 23.1 Å². The van der Waals surface area contributed by atoms with E-state index in [1.54, 1.807) is 0 Å². The number of aromatic nitrogens is 2. The second-order valence-electron chi connectivity index (χ2n) is 5.37. The number of nitrogens with one attached hydrogen (secondary N) is 1. The van der Waals surface area contributed by atoms with Crippen LogP contribution in [0.5, 0.6) is 0 Å². The summed E-state index contributed by atoms with van der Waals surface area (Å²) in [4.78, 5) is 11.5.